The number of rotatable bonds is 7. The van der Waals surface area contributed by atoms with Crippen LogP contribution < -0.4 is 10.1 Å². The van der Waals surface area contributed by atoms with Crippen LogP contribution in [0.4, 0.5) is 0 Å². The van der Waals surface area contributed by atoms with Crippen LogP contribution in [0.25, 0.3) is 0 Å². The minimum atomic E-state index is -0.537. The highest BCUT2D eigenvalue weighted by Crippen LogP contribution is 2.19. The number of benzene rings is 2. The van der Waals surface area contributed by atoms with Gasteiger partial charge in [0, 0.05) is 25.7 Å². The highest BCUT2D eigenvalue weighted by Gasteiger charge is 2.24. The van der Waals surface area contributed by atoms with E-state index in [1.807, 2.05) is 25.1 Å². The number of methoxy groups -OCH3 is 1. The van der Waals surface area contributed by atoms with Crippen molar-refractivity contribution in [1.82, 2.24) is 10.2 Å². The average molecular weight is 382 g/mol. The van der Waals surface area contributed by atoms with Crippen molar-refractivity contribution in [1.29, 1.82) is 0 Å². The molecule has 0 aliphatic carbocycles. The predicted molar refractivity (Wildman–Crippen MR) is 106 cm³/mol. The van der Waals surface area contributed by atoms with Gasteiger partial charge in [-0.1, -0.05) is 36.4 Å². The van der Waals surface area contributed by atoms with Crippen molar-refractivity contribution in [2.45, 2.75) is 25.9 Å². The molecule has 2 aromatic carbocycles. The summed E-state index contributed by atoms with van der Waals surface area (Å²) in [6, 6.07) is 15.4. The van der Waals surface area contributed by atoms with E-state index in [9.17, 15) is 9.59 Å². The zero-order valence-electron chi connectivity index (χ0n) is 16.3. The molecule has 1 amide bonds. The monoisotopic (exact) mass is 382 g/mol. The van der Waals surface area contributed by atoms with Crippen LogP contribution in [0.1, 0.15) is 27.9 Å². The van der Waals surface area contributed by atoms with Gasteiger partial charge >= 0.3 is 5.97 Å². The van der Waals surface area contributed by atoms with Gasteiger partial charge in [0.2, 0.25) is 0 Å². The summed E-state index contributed by atoms with van der Waals surface area (Å²) in [7, 11) is 1.55. The summed E-state index contributed by atoms with van der Waals surface area (Å²) in [4.78, 5) is 26.6. The lowest BCUT2D eigenvalue weighted by atomic mass is 10.1. The Morgan fingerprint density at radius 1 is 1.18 bits per heavy atom. The number of hydrogen-bond acceptors (Lipinski definition) is 5. The highest BCUT2D eigenvalue weighted by atomic mass is 16.5. The molecule has 0 bridgehead atoms. The van der Waals surface area contributed by atoms with Gasteiger partial charge in [0.15, 0.2) is 6.61 Å². The fraction of sp³-hybridized carbons (Fsp3) is 0.364. The van der Waals surface area contributed by atoms with Crippen LogP contribution in [0.15, 0.2) is 48.5 Å². The van der Waals surface area contributed by atoms with E-state index < -0.39 is 5.97 Å². The Kier molecular flexibility index (Phi) is 6.66. The largest absolute Gasteiger partial charge is 0.496 e. The molecule has 1 atom stereocenters. The zero-order chi connectivity index (χ0) is 19.9. The molecule has 1 saturated heterocycles. The first-order chi connectivity index (χ1) is 13.5. The minimum Gasteiger partial charge on any atom is -0.496 e. The molecule has 1 heterocycles. The lowest BCUT2D eigenvalue weighted by Gasteiger charge is -2.17. The molecule has 6 heteroatoms. The smallest absolute Gasteiger partial charge is 0.338 e. The van der Waals surface area contributed by atoms with Crippen molar-refractivity contribution < 1.29 is 19.1 Å². The number of carbonyl (C=O) groups excluding carboxylic acids is 2. The average Bonchev–Trinajstić information content (AvgIpc) is 3.14. The molecule has 0 spiro atoms. The fourth-order valence-electron chi connectivity index (χ4n) is 3.37. The van der Waals surface area contributed by atoms with E-state index in [1.165, 1.54) is 5.56 Å². The van der Waals surface area contributed by atoms with Crippen molar-refractivity contribution in [3.05, 3.63) is 65.2 Å². The third-order valence-corrected chi connectivity index (χ3v) is 4.86. The second kappa shape index (κ2) is 9.37. The number of nitrogens with zero attached hydrogens (tertiary/aromatic N) is 1. The Morgan fingerprint density at radius 2 is 1.96 bits per heavy atom. The van der Waals surface area contributed by atoms with Gasteiger partial charge in [-0.05, 0) is 36.6 Å². The van der Waals surface area contributed by atoms with Gasteiger partial charge < -0.3 is 14.8 Å². The molecule has 1 aliphatic heterocycles. The van der Waals surface area contributed by atoms with Gasteiger partial charge in [-0.25, -0.2) is 4.79 Å². The van der Waals surface area contributed by atoms with E-state index in [0.29, 0.717) is 11.3 Å². The maximum atomic E-state index is 12.2. The molecule has 2 aromatic rings. The molecule has 1 aliphatic rings. The van der Waals surface area contributed by atoms with E-state index in [2.05, 4.69) is 22.3 Å². The number of nitrogens with one attached hydrogen (secondary N) is 1. The SMILES string of the molecule is COc1cc(C(=O)OCC(=O)NC2CCN(Cc3ccccc3)C2)ccc1C. The van der Waals surface area contributed by atoms with Crippen LogP contribution in [-0.2, 0) is 16.1 Å². The number of amides is 1. The van der Waals surface area contributed by atoms with Crippen LogP contribution in [-0.4, -0.2) is 49.6 Å². The lowest BCUT2D eigenvalue weighted by Crippen LogP contribution is -2.39. The Balaban J connectivity index is 1.43. The maximum Gasteiger partial charge on any atom is 0.338 e. The lowest BCUT2D eigenvalue weighted by molar-refractivity contribution is -0.124. The topological polar surface area (TPSA) is 67.9 Å². The van der Waals surface area contributed by atoms with Crippen LogP contribution in [0.5, 0.6) is 5.75 Å². The summed E-state index contributed by atoms with van der Waals surface area (Å²) in [6.45, 7) is 4.21. The summed E-state index contributed by atoms with van der Waals surface area (Å²) in [5.41, 5.74) is 2.56. The number of carbonyl (C=O) groups is 2. The van der Waals surface area contributed by atoms with Gasteiger partial charge in [0.1, 0.15) is 5.75 Å². The maximum absolute atomic E-state index is 12.2. The Morgan fingerprint density at radius 3 is 2.71 bits per heavy atom. The van der Waals surface area contributed by atoms with E-state index >= 15 is 0 Å². The van der Waals surface area contributed by atoms with Crippen molar-refractivity contribution in [3.8, 4) is 5.75 Å². The summed E-state index contributed by atoms with van der Waals surface area (Å²) in [5.74, 6) is -0.201. The molecule has 0 saturated carbocycles. The van der Waals surface area contributed by atoms with Gasteiger partial charge in [0.05, 0.1) is 12.7 Å². The molecule has 1 fully saturated rings. The van der Waals surface area contributed by atoms with E-state index in [1.54, 1.807) is 25.3 Å². The summed E-state index contributed by atoms with van der Waals surface area (Å²) in [5, 5.41) is 2.95. The van der Waals surface area contributed by atoms with Gasteiger partial charge in [-0.15, -0.1) is 0 Å². The van der Waals surface area contributed by atoms with Crippen LogP contribution in [0.2, 0.25) is 0 Å². The number of ether oxygens (including phenoxy) is 2. The molecular formula is C22H26N2O4. The third kappa shape index (κ3) is 5.33. The van der Waals surface area contributed by atoms with Gasteiger partial charge in [-0.2, -0.15) is 0 Å². The Hall–Kier alpha value is -2.86. The normalized spacial score (nSPS) is 16.6. The van der Waals surface area contributed by atoms with Gasteiger partial charge in [0.25, 0.3) is 5.91 Å². The summed E-state index contributed by atoms with van der Waals surface area (Å²) in [6.07, 6.45) is 0.891. The van der Waals surface area contributed by atoms with Crippen molar-refractivity contribution in [3.63, 3.8) is 0 Å². The van der Waals surface area contributed by atoms with Crippen LogP contribution in [0, 0.1) is 6.92 Å². The molecule has 28 heavy (non-hydrogen) atoms. The van der Waals surface area contributed by atoms with E-state index in [0.717, 1.165) is 31.6 Å². The highest BCUT2D eigenvalue weighted by molar-refractivity contribution is 5.91. The second-order valence-electron chi connectivity index (χ2n) is 7.03. The molecule has 1 N–H and O–H groups in total. The molecular weight excluding hydrogens is 356 g/mol. The number of aryl methyl sites for hydroxylation is 1. The molecule has 3 rings (SSSR count). The van der Waals surface area contributed by atoms with Crippen molar-refractivity contribution in [2.24, 2.45) is 0 Å². The summed E-state index contributed by atoms with van der Waals surface area (Å²) < 4.78 is 10.4. The van der Waals surface area contributed by atoms with E-state index in [4.69, 9.17) is 9.47 Å². The summed E-state index contributed by atoms with van der Waals surface area (Å²) >= 11 is 0. The molecule has 148 valence electrons. The van der Waals surface area contributed by atoms with Crippen LogP contribution in [0.3, 0.4) is 0 Å². The second-order valence-corrected chi connectivity index (χ2v) is 7.03. The Bertz CT molecular complexity index is 823. The van der Waals surface area contributed by atoms with Crippen LogP contribution >= 0.6 is 0 Å². The molecule has 1 unspecified atom stereocenters. The first kappa shape index (κ1) is 19.9. The molecule has 0 aromatic heterocycles. The Labute approximate surface area is 165 Å². The van der Waals surface area contributed by atoms with Gasteiger partial charge in [-0.3, -0.25) is 9.69 Å². The first-order valence-corrected chi connectivity index (χ1v) is 9.42. The first-order valence-electron chi connectivity index (χ1n) is 9.42. The third-order valence-electron chi connectivity index (χ3n) is 4.86. The predicted octanol–water partition coefficient (Wildman–Crippen LogP) is 2.55. The number of likely N-dealkylation sites (tertiary alicyclic amines) is 1. The number of hydrogen-bond donors (Lipinski definition) is 1. The molecule has 6 nitrogen and oxygen atoms in total. The quantitative estimate of drug-likeness (QED) is 0.746. The van der Waals surface area contributed by atoms with E-state index in [-0.39, 0.29) is 18.6 Å². The fourth-order valence-corrected chi connectivity index (χ4v) is 3.37. The molecule has 0 radical (unpaired) electrons. The standard InChI is InChI=1S/C22H26N2O4/c1-16-8-9-18(12-20(16)27-2)22(26)28-15-21(25)23-19-10-11-24(14-19)13-17-6-4-3-5-7-17/h3-9,12,19H,10-11,13-15H2,1-2H3,(H,23,25). The number of esters is 1. The van der Waals surface area contributed by atoms with Crippen molar-refractivity contribution >= 4 is 11.9 Å². The zero-order valence-corrected chi connectivity index (χ0v) is 16.3. The van der Waals surface area contributed by atoms with Crippen molar-refractivity contribution in [2.75, 3.05) is 26.8 Å². The minimum absolute atomic E-state index is 0.0781.